The molecule has 0 radical (unpaired) electrons. The number of thiazole rings is 1. The molecule has 1 aliphatic heterocycles. The highest BCUT2D eigenvalue weighted by molar-refractivity contribution is 7.22. The largest absolute Gasteiger partial charge is 0.392 e. The molecule has 6 rings (SSSR count). The SMILES string of the molecule is O=C(Nc1nc2ccc(-c3cnc(CO[C@H]4CCC[C@@H]4O)nc3)cc2s1)C1CC(N2CC[C@H](O)C2)C1. The number of aliphatic hydroxyl groups excluding tert-OH is 2. The fourth-order valence-electron chi connectivity index (χ4n) is 5.43. The number of nitrogens with zero attached hydrogens (tertiary/aromatic N) is 4. The molecule has 3 aliphatic rings. The van der Waals surface area contributed by atoms with Crippen LogP contribution in [0.25, 0.3) is 21.3 Å². The van der Waals surface area contributed by atoms with Crippen molar-refractivity contribution >= 4 is 32.6 Å². The van der Waals surface area contributed by atoms with Crippen LogP contribution in [0.5, 0.6) is 0 Å². The normalized spacial score (nSPS) is 28.4. The van der Waals surface area contributed by atoms with Gasteiger partial charge in [0.2, 0.25) is 5.91 Å². The number of nitrogens with one attached hydrogen (secondary N) is 1. The Hall–Kier alpha value is -2.50. The molecule has 0 unspecified atom stereocenters. The first-order valence-electron chi connectivity index (χ1n) is 12.8. The number of anilines is 1. The number of fused-ring (bicyclic) bond motifs is 1. The van der Waals surface area contributed by atoms with E-state index in [1.54, 1.807) is 12.4 Å². The molecule has 9 nitrogen and oxygen atoms in total. The third-order valence-electron chi connectivity index (χ3n) is 7.70. The van der Waals surface area contributed by atoms with Crippen LogP contribution in [0.2, 0.25) is 0 Å². The minimum atomic E-state index is -0.388. The number of benzene rings is 1. The van der Waals surface area contributed by atoms with E-state index in [9.17, 15) is 15.0 Å². The van der Waals surface area contributed by atoms with E-state index in [1.165, 1.54) is 11.3 Å². The molecular formula is C26H31N5O4S. The van der Waals surface area contributed by atoms with Crippen LogP contribution in [0.1, 0.15) is 44.3 Å². The Morgan fingerprint density at radius 3 is 2.69 bits per heavy atom. The van der Waals surface area contributed by atoms with Crippen LogP contribution in [-0.4, -0.2) is 73.4 Å². The van der Waals surface area contributed by atoms with Gasteiger partial charge in [-0.15, -0.1) is 0 Å². The number of aromatic nitrogens is 3. The smallest absolute Gasteiger partial charge is 0.229 e. The highest BCUT2D eigenvalue weighted by Crippen LogP contribution is 2.36. The highest BCUT2D eigenvalue weighted by Gasteiger charge is 2.40. The van der Waals surface area contributed by atoms with Crippen LogP contribution in [0.3, 0.4) is 0 Å². The van der Waals surface area contributed by atoms with E-state index >= 15 is 0 Å². The Morgan fingerprint density at radius 1 is 1.14 bits per heavy atom. The predicted octanol–water partition coefficient (Wildman–Crippen LogP) is 2.97. The Morgan fingerprint density at radius 2 is 1.97 bits per heavy atom. The molecule has 3 fully saturated rings. The van der Waals surface area contributed by atoms with E-state index in [0.717, 1.165) is 73.0 Å². The molecule has 3 atom stereocenters. The first-order chi connectivity index (χ1) is 17.5. The van der Waals surface area contributed by atoms with Crippen LogP contribution in [0.15, 0.2) is 30.6 Å². The van der Waals surface area contributed by atoms with Crippen LogP contribution in [-0.2, 0) is 16.1 Å². The molecule has 1 saturated heterocycles. The molecule has 3 aromatic rings. The first-order valence-corrected chi connectivity index (χ1v) is 13.6. The summed E-state index contributed by atoms with van der Waals surface area (Å²) in [5.41, 5.74) is 2.73. The van der Waals surface area contributed by atoms with Gasteiger partial charge in [0.15, 0.2) is 11.0 Å². The van der Waals surface area contributed by atoms with Crippen LogP contribution in [0.4, 0.5) is 5.13 Å². The number of ether oxygens (including phenoxy) is 1. The van der Waals surface area contributed by atoms with Gasteiger partial charge < -0.3 is 20.3 Å². The van der Waals surface area contributed by atoms with Gasteiger partial charge in [0.05, 0.1) is 28.5 Å². The standard InChI is InChI=1S/C26H31N5O4S/c32-19-6-7-31(13-19)18-8-16(9-18)25(34)30-26-29-20-5-4-15(10-23(20)36-26)17-11-27-24(28-12-17)14-35-22-3-1-2-21(22)33/h4-5,10-12,16,18-19,21-22,32-33H,1-3,6-9,13-14H2,(H,29,30,34)/t16?,18?,19-,21-,22-/m0/s1. The van der Waals surface area contributed by atoms with E-state index in [4.69, 9.17) is 4.74 Å². The fourth-order valence-corrected chi connectivity index (χ4v) is 6.33. The molecule has 36 heavy (non-hydrogen) atoms. The maximum Gasteiger partial charge on any atom is 0.229 e. The van der Waals surface area contributed by atoms with Crippen LogP contribution in [0, 0.1) is 5.92 Å². The summed E-state index contributed by atoms with van der Waals surface area (Å²) in [5.74, 6) is 0.634. The number of carbonyl (C=O) groups excluding carboxylic acids is 1. The predicted molar refractivity (Wildman–Crippen MR) is 136 cm³/mol. The maximum absolute atomic E-state index is 12.7. The summed E-state index contributed by atoms with van der Waals surface area (Å²) in [4.78, 5) is 28.5. The molecule has 1 amide bonds. The lowest BCUT2D eigenvalue weighted by Crippen LogP contribution is -2.47. The van der Waals surface area contributed by atoms with Crippen molar-refractivity contribution in [1.29, 1.82) is 0 Å². The van der Waals surface area contributed by atoms with Crippen LogP contribution < -0.4 is 5.32 Å². The van der Waals surface area contributed by atoms with Crippen molar-refractivity contribution in [3.8, 4) is 11.1 Å². The number of β-amino-alcohol motifs (C(OH)–C–C–N with tert-alkyl or cyclic N) is 1. The molecule has 2 aromatic heterocycles. The van der Waals surface area contributed by atoms with Gasteiger partial charge in [-0.25, -0.2) is 15.0 Å². The summed E-state index contributed by atoms with van der Waals surface area (Å²) in [6, 6.07) is 6.39. The quantitative estimate of drug-likeness (QED) is 0.445. The Labute approximate surface area is 213 Å². The van der Waals surface area contributed by atoms with Gasteiger partial charge in [-0.1, -0.05) is 17.4 Å². The average molecular weight is 510 g/mol. The van der Waals surface area contributed by atoms with Crippen molar-refractivity contribution in [2.45, 2.75) is 69.5 Å². The average Bonchev–Trinajstić information content (AvgIpc) is 3.56. The number of amides is 1. The molecule has 3 heterocycles. The lowest BCUT2D eigenvalue weighted by molar-refractivity contribution is -0.124. The molecule has 2 saturated carbocycles. The molecule has 1 aromatic carbocycles. The van der Waals surface area contributed by atoms with Crippen molar-refractivity contribution in [2.24, 2.45) is 5.92 Å². The molecular weight excluding hydrogens is 478 g/mol. The molecule has 2 aliphatic carbocycles. The topological polar surface area (TPSA) is 121 Å². The second-order valence-corrected chi connectivity index (χ2v) is 11.2. The summed E-state index contributed by atoms with van der Waals surface area (Å²) in [7, 11) is 0. The van der Waals surface area contributed by atoms with Gasteiger partial charge in [-0.05, 0) is 56.2 Å². The Bertz CT molecular complexity index is 1230. The zero-order valence-corrected chi connectivity index (χ0v) is 20.9. The number of likely N-dealkylation sites (tertiary alicyclic amines) is 1. The lowest BCUT2D eigenvalue weighted by atomic mass is 9.79. The second kappa shape index (κ2) is 10.1. The van der Waals surface area contributed by atoms with E-state index < -0.39 is 0 Å². The van der Waals surface area contributed by atoms with Crippen LogP contribution >= 0.6 is 11.3 Å². The second-order valence-electron chi connectivity index (χ2n) is 10.2. The Kier molecular flexibility index (Phi) is 6.70. The van der Waals surface area contributed by atoms with Gasteiger partial charge in [0.25, 0.3) is 0 Å². The summed E-state index contributed by atoms with van der Waals surface area (Å²) in [6.45, 7) is 1.94. The highest BCUT2D eigenvalue weighted by atomic mass is 32.1. The van der Waals surface area contributed by atoms with E-state index in [0.29, 0.717) is 23.6 Å². The third kappa shape index (κ3) is 5.01. The molecule has 10 heteroatoms. The minimum absolute atomic E-state index is 0.00638. The zero-order chi connectivity index (χ0) is 24.6. The van der Waals surface area contributed by atoms with Crippen molar-refractivity contribution in [3.05, 3.63) is 36.4 Å². The summed E-state index contributed by atoms with van der Waals surface area (Å²) in [5, 5.41) is 23.2. The van der Waals surface area contributed by atoms with E-state index in [1.807, 2.05) is 18.2 Å². The van der Waals surface area contributed by atoms with Gasteiger partial charge in [-0.3, -0.25) is 9.69 Å². The maximum atomic E-state index is 12.7. The first kappa shape index (κ1) is 23.9. The lowest BCUT2D eigenvalue weighted by Gasteiger charge is -2.40. The summed E-state index contributed by atoms with van der Waals surface area (Å²) in [6.07, 6.45) is 8.01. The Balaban J connectivity index is 1.05. The van der Waals surface area contributed by atoms with Crippen molar-refractivity contribution in [1.82, 2.24) is 19.9 Å². The number of hydrogen-bond donors (Lipinski definition) is 3. The summed E-state index contributed by atoms with van der Waals surface area (Å²) < 4.78 is 6.76. The molecule has 0 bridgehead atoms. The summed E-state index contributed by atoms with van der Waals surface area (Å²) >= 11 is 1.47. The molecule has 0 spiro atoms. The fraction of sp³-hybridized carbons (Fsp3) is 0.538. The van der Waals surface area contributed by atoms with Gasteiger partial charge >= 0.3 is 0 Å². The minimum Gasteiger partial charge on any atom is -0.392 e. The van der Waals surface area contributed by atoms with E-state index in [-0.39, 0.29) is 30.1 Å². The van der Waals surface area contributed by atoms with Crippen molar-refractivity contribution < 1.29 is 19.7 Å². The molecule has 190 valence electrons. The van der Waals surface area contributed by atoms with E-state index in [2.05, 4.69) is 25.2 Å². The third-order valence-corrected chi connectivity index (χ3v) is 8.63. The van der Waals surface area contributed by atoms with Crippen molar-refractivity contribution in [3.63, 3.8) is 0 Å². The van der Waals surface area contributed by atoms with Gasteiger partial charge in [0, 0.05) is 43.0 Å². The van der Waals surface area contributed by atoms with Gasteiger partial charge in [-0.2, -0.15) is 0 Å². The number of hydrogen-bond acceptors (Lipinski definition) is 9. The van der Waals surface area contributed by atoms with Gasteiger partial charge in [0.1, 0.15) is 6.61 Å². The number of carbonyl (C=O) groups is 1. The monoisotopic (exact) mass is 509 g/mol. The number of aliphatic hydroxyl groups is 2. The molecule has 3 N–H and O–H groups in total. The van der Waals surface area contributed by atoms with Crippen molar-refractivity contribution in [2.75, 3.05) is 18.4 Å². The zero-order valence-electron chi connectivity index (χ0n) is 20.0. The number of rotatable bonds is 7.